The molecule has 13 heteroatoms. The van der Waals surface area contributed by atoms with Crippen molar-refractivity contribution in [3.05, 3.63) is 24.3 Å². The van der Waals surface area contributed by atoms with Gasteiger partial charge in [-0.15, -0.1) is 0 Å². The van der Waals surface area contributed by atoms with Crippen LogP contribution >= 0.6 is 15.6 Å². The molecule has 2 N–H and O–H groups in total. The number of ether oxygens (including phenoxy) is 2. The van der Waals surface area contributed by atoms with Crippen LogP contribution < -0.4 is 0 Å². The summed E-state index contributed by atoms with van der Waals surface area (Å²) in [7, 11) is -9.43. The normalized spacial score (nSPS) is 14.3. The van der Waals surface area contributed by atoms with Crippen molar-refractivity contribution in [1.82, 2.24) is 0 Å². The molecule has 0 rings (SSSR count). The van der Waals surface area contributed by atoms with E-state index in [-0.39, 0.29) is 25.2 Å². The van der Waals surface area contributed by atoms with E-state index < -0.39 is 15.6 Å². The van der Waals surface area contributed by atoms with Crippen LogP contribution in [0.25, 0.3) is 0 Å². The first-order valence-electron chi connectivity index (χ1n) is 13.7. The Bertz CT molecular complexity index is 763. The van der Waals surface area contributed by atoms with Crippen molar-refractivity contribution in [2.24, 2.45) is 0 Å². The predicted molar refractivity (Wildman–Crippen MR) is 149 cm³/mol. The van der Waals surface area contributed by atoms with Gasteiger partial charge in [-0.1, -0.05) is 77.4 Å². The van der Waals surface area contributed by atoms with Gasteiger partial charge in [0, 0.05) is 11.1 Å². The largest absolute Gasteiger partial charge is 0.481 e. The summed E-state index contributed by atoms with van der Waals surface area (Å²) in [6.07, 6.45) is 11.7. The molecular formula is C26H48O11P2. The van der Waals surface area contributed by atoms with Crippen molar-refractivity contribution in [3.63, 3.8) is 0 Å². The van der Waals surface area contributed by atoms with Crippen molar-refractivity contribution in [2.75, 3.05) is 26.4 Å². The molecule has 0 aromatic carbocycles. The van der Waals surface area contributed by atoms with Crippen LogP contribution in [0.5, 0.6) is 0 Å². The van der Waals surface area contributed by atoms with E-state index in [2.05, 4.69) is 17.5 Å². The van der Waals surface area contributed by atoms with Gasteiger partial charge in [-0.05, 0) is 39.5 Å². The molecule has 0 aliphatic carbocycles. The summed E-state index contributed by atoms with van der Waals surface area (Å²) in [6, 6.07) is 0. The third kappa shape index (κ3) is 24.2. The molecule has 0 bridgehead atoms. The zero-order valence-electron chi connectivity index (χ0n) is 23.6. The van der Waals surface area contributed by atoms with Gasteiger partial charge in [0.25, 0.3) is 0 Å². The first-order chi connectivity index (χ1) is 18.4. The number of esters is 2. The van der Waals surface area contributed by atoms with E-state index in [9.17, 15) is 28.5 Å². The van der Waals surface area contributed by atoms with Gasteiger partial charge >= 0.3 is 27.6 Å². The molecule has 0 aliphatic rings. The molecule has 39 heavy (non-hydrogen) atoms. The van der Waals surface area contributed by atoms with Crippen molar-refractivity contribution in [2.45, 2.75) is 104 Å². The molecule has 228 valence electrons. The second kappa shape index (κ2) is 22.4. The summed E-state index contributed by atoms with van der Waals surface area (Å²) in [4.78, 5) is 41.9. The van der Waals surface area contributed by atoms with E-state index in [0.717, 1.165) is 77.0 Å². The summed E-state index contributed by atoms with van der Waals surface area (Å²) < 4.78 is 47.8. The first kappa shape index (κ1) is 37.7. The van der Waals surface area contributed by atoms with Crippen molar-refractivity contribution < 1.29 is 51.3 Å². The van der Waals surface area contributed by atoms with Crippen molar-refractivity contribution in [3.8, 4) is 0 Å². The molecule has 0 amide bonds. The van der Waals surface area contributed by atoms with Gasteiger partial charge < -0.3 is 19.3 Å². The van der Waals surface area contributed by atoms with Crippen molar-refractivity contribution in [1.29, 1.82) is 0 Å². The van der Waals surface area contributed by atoms with Gasteiger partial charge in [-0.25, -0.2) is 18.7 Å². The Balaban J connectivity index is 3.69. The lowest BCUT2D eigenvalue weighted by Gasteiger charge is -2.16. The lowest BCUT2D eigenvalue weighted by molar-refractivity contribution is -0.139. The van der Waals surface area contributed by atoms with E-state index in [0.29, 0.717) is 37.2 Å². The van der Waals surface area contributed by atoms with Gasteiger partial charge in [-0.2, -0.15) is 4.31 Å². The fourth-order valence-corrected chi connectivity index (χ4v) is 5.43. The molecular weight excluding hydrogens is 550 g/mol. The molecule has 0 aromatic rings. The number of unbranched alkanes of at least 4 members (excludes halogenated alkanes) is 12. The third-order valence-corrected chi connectivity index (χ3v) is 8.12. The molecule has 0 fully saturated rings. The molecule has 0 radical (unpaired) electrons. The van der Waals surface area contributed by atoms with Crippen LogP contribution in [-0.4, -0.2) is 48.2 Å². The molecule has 2 unspecified atom stereocenters. The Hall–Kier alpha value is -1.32. The Morgan fingerprint density at radius 2 is 0.795 bits per heavy atom. The second-order valence-electron chi connectivity index (χ2n) is 9.47. The highest BCUT2D eigenvalue weighted by Gasteiger charge is 2.34. The minimum absolute atomic E-state index is 0.0824. The van der Waals surface area contributed by atoms with Crippen LogP contribution in [-0.2, 0) is 41.6 Å². The average Bonchev–Trinajstić information content (AvgIpc) is 2.84. The summed E-state index contributed by atoms with van der Waals surface area (Å²) in [5, 5.41) is 0. The fraction of sp³-hybridized carbons (Fsp3) is 0.769. The highest BCUT2D eigenvalue weighted by molar-refractivity contribution is 7.61. The summed E-state index contributed by atoms with van der Waals surface area (Å²) in [5.74, 6) is -0.748. The average molecular weight is 599 g/mol. The monoisotopic (exact) mass is 598 g/mol. The summed E-state index contributed by atoms with van der Waals surface area (Å²) >= 11 is 0. The maximum absolute atomic E-state index is 11.9. The van der Waals surface area contributed by atoms with Crippen LogP contribution in [0.3, 0.4) is 0 Å². The van der Waals surface area contributed by atoms with Crippen LogP contribution in [0.4, 0.5) is 0 Å². The number of phosphoric acid groups is 2. The molecule has 0 heterocycles. The minimum Gasteiger partial charge on any atom is -0.462 e. The summed E-state index contributed by atoms with van der Waals surface area (Å²) in [5.41, 5.74) is 0.772. The number of hydrogen-bond donors (Lipinski definition) is 2. The molecule has 0 aliphatic heterocycles. The van der Waals surface area contributed by atoms with Crippen LogP contribution in [0.2, 0.25) is 0 Å². The maximum atomic E-state index is 11.9. The number of phosphoric ester groups is 2. The molecule has 2 atom stereocenters. The number of hydrogen-bond acceptors (Lipinski definition) is 9. The lowest BCUT2D eigenvalue weighted by atomic mass is 10.1. The molecule has 11 nitrogen and oxygen atoms in total. The lowest BCUT2D eigenvalue weighted by Crippen LogP contribution is -2.05. The molecule has 0 saturated carbocycles. The van der Waals surface area contributed by atoms with Gasteiger partial charge in [0.2, 0.25) is 0 Å². The molecule has 0 aromatic heterocycles. The fourth-order valence-electron chi connectivity index (χ4n) is 3.29. The van der Waals surface area contributed by atoms with Gasteiger partial charge in [0.1, 0.15) is 0 Å². The second-order valence-corrected chi connectivity index (χ2v) is 12.5. The van der Waals surface area contributed by atoms with Crippen LogP contribution in [0.1, 0.15) is 104 Å². The SMILES string of the molecule is C=C(C)C(=O)OCCCCCCCCCOP(=O)(O)OP(=O)(O)OCCCCCCCCCOC(=O)C(=C)C. The molecule has 0 saturated heterocycles. The summed E-state index contributed by atoms with van der Waals surface area (Å²) in [6.45, 7) is 10.8. The van der Waals surface area contributed by atoms with E-state index in [1.807, 2.05) is 0 Å². The van der Waals surface area contributed by atoms with E-state index in [1.165, 1.54) is 0 Å². The highest BCUT2D eigenvalue weighted by atomic mass is 31.3. The Morgan fingerprint density at radius 1 is 0.538 bits per heavy atom. The Labute approximate surface area is 233 Å². The first-order valence-corrected chi connectivity index (χ1v) is 16.7. The molecule has 0 spiro atoms. The quantitative estimate of drug-likeness (QED) is 0.0460. The zero-order chi connectivity index (χ0) is 29.6. The number of carbonyl (C=O) groups is 2. The standard InChI is InChI=1S/C26H48O11P2/c1-23(2)25(27)33-19-15-11-7-5-9-13-17-21-35-38(29,30)37-39(31,32)36-22-18-14-10-6-8-12-16-20-34-26(28)24(3)4/h1,3,5-22H2,2,4H3,(H,29,30)(H,31,32). The Kier molecular flexibility index (Phi) is 21.6. The smallest absolute Gasteiger partial charge is 0.462 e. The van der Waals surface area contributed by atoms with E-state index >= 15 is 0 Å². The number of rotatable bonds is 26. The minimum atomic E-state index is -4.72. The highest BCUT2D eigenvalue weighted by Crippen LogP contribution is 2.60. The van der Waals surface area contributed by atoms with Crippen LogP contribution in [0, 0.1) is 0 Å². The maximum Gasteiger partial charge on any atom is 0.481 e. The zero-order valence-corrected chi connectivity index (χ0v) is 25.4. The van der Waals surface area contributed by atoms with Crippen LogP contribution in [0.15, 0.2) is 24.3 Å². The van der Waals surface area contributed by atoms with Crippen molar-refractivity contribution >= 4 is 27.6 Å². The predicted octanol–water partition coefficient (Wildman–Crippen LogP) is 6.94. The number of carbonyl (C=O) groups excluding carboxylic acids is 2. The van der Waals surface area contributed by atoms with E-state index in [1.54, 1.807) is 13.8 Å². The van der Waals surface area contributed by atoms with Gasteiger partial charge in [0.15, 0.2) is 0 Å². The van der Waals surface area contributed by atoms with Gasteiger partial charge in [0.05, 0.1) is 26.4 Å². The van der Waals surface area contributed by atoms with E-state index in [4.69, 9.17) is 18.5 Å². The third-order valence-electron chi connectivity index (χ3n) is 5.46. The Morgan fingerprint density at radius 3 is 1.08 bits per heavy atom. The topological polar surface area (TPSA) is 155 Å². The van der Waals surface area contributed by atoms with Gasteiger partial charge in [-0.3, -0.25) is 9.05 Å².